The van der Waals surface area contributed by atoms with Gasteiger partial charge in [0, 0.05) is 12.1 Å². The Kier molecular flexibility index (Phi) is 2.46. The summed E-state index contributed by atoms with van der Waals surface area (Å²) in [5.74, 6) is 0. The molecule has 2 aliphatic carbocycles. The lowest BCUT2D eigenvalue weighted by Crippen LogP contribution is -2.53. The maximum absolute atomic E-state index is 3.76. The fourth-order valence-corrected chi connectivity index (χ4v) is 2.38. The van der Waals surface area contributed by atoms with Gasteiger partial charge in [-0.1, -0.05) is 26.0 Å². The molecule has 0 aromatic rings. The first-order valence-electron chi connectivity index (χ1n) is 5.61. The number of allylic oxidation sites excluding steroid dienone is 1. The number of hydrogen-bond acceptors (Lipinski definition) is 1. The van der Waals surface area contributed by atoms with Crippen LogP contribution in [-0.4, -0.2) is 12.1 Å². The van der Waals surface area contributed by atoms with Crippen LogP contribution in [0.1, 0.15) is 46.0 Å². The van der Waals surface area contributed by atoms with Gasteiger partial charge in [0.05, 0.1) is 0 Å². The van der Waals surface area contributed by atoms with Gasteiger partial charge < -0.3 is 5.32 Å². The van der Waals surface area contributed by atoms with Gasteiger partial charge in [-0.25, -0.2) is 0 Å². The summed E-state index contributed by atoms with van der Waals surface area (Å²) >= 11 is 0. The monoisotopic (exact) mass is 179 g/mol. The second-order valence-corrected chi connectivity index (χ2v) is 5.21. The first-order chi connectivity index (χ1) is 6.18. The van der Waals surface area contributed by atoms with Crippen LogP contribution in [0, 0.1) is 5.41 Å². The van der Waals surface area contributed by atoms with E-state index in [1.165, 1.54) is 32.1 Å². The topological polar surface area (TPSA) is 12.0 Å². The Bertz CT molecular complexity index is 205. The van der Waals surface area contributed by atoms with E-state index in [0.29, 0.717) is 11.5 Å². The van der Waals surface area contributed by atoms with E-state index in [4.69, 9.17) is 0 Å². The lowest BCUT2D eigenvalue weighted by molar-refractivity contribution is 0.101. The lowest BCUT2D eigenvalue weighted by Gasteiger charge is -2.46. The van der Waals surface area contributed by atoms with Crippen LogP contribution in [0.5, 0.6) is 0 Å². The lowest BCUT2D eigenvalue weighted by atomic mass is 9.67. The molecule has 0 saturated heterocycles. The SMILES string of the molecule is CC1(C)CCC1NC1C=CCCC1. The minimum absolute atomic E-state index is 0.547. The third-order valence-electron chi connectivity index (χ3n) is 3.69. The standard InChI is InChI=1S/C12H21N/c1-12(2)9-8-11(12)13-10-6-4-3-5-7-10/h4,6,10-11,13H,3,5,7-9H2,1-2H3. The maximum atomic E-state index is 3.76. The van der Waals surface area contributed by atoms with Crippen molar-refractivity contribution >= 4 is 0 Å². The molecular formula is C12H21N. The molecule has 0 spiro atoms. The minimum atomic E-state index is 0.547. The molecule has 0 amide bonds. The Morgan fingerprint density at radius 3 is 2.62 bits per heavy atom. The van der Waals surface area contributed by atoms with Crippen molar-refractivity contribution in [1.82, 2.24) is 5.32 Å². The summed E-state index contributed by atoms with van der Waals surface area (Å²) in [7, 11) is 0. The fraction of sp³-hybridized carbons (Fsp3) is 0.833. The molecule has 0 heterocycles. The van der Waals surface area contributed by atoms with Gasteiger partial charge in [-0.05, 0) is 37.5 Å². The van der Waals surface area contributed by atoms with Gasteiger partial charge in [-0.3, -0.25) is 0 Å². The van der Waals surface area contributed by atoms with Gasteiger partial charge in [-0.2, -0.15) is 0 Å². The van der Waals surface area contributed by atoms with Crippen molar-refractivity contribution in [2.24, 2.45) is 5.41 Å². The first-order valence-corrected chi connectivity index (χ1v) is 5.61. The zero-order valence-electron chi connectivity index (χ0n) is 8.84. The highest BCUT2D eigenvalue weighted by molar-refractivity contribution is 5.03. The highest BCUT2D eigenvalue weighted by Crippen LogP contribution is 2.40. The van der Waals surface area contributed by atoms with E-state index in [-0.39, 0.29) is 0 Å². The van der Waals surface area contributed by atoms with E-state index in [0.717, 1.165) is 6.04 Å². The van der Waals surface area contributed by atoms with Gasteiger partial charge in [0.15, 0.2) is 0 Å². The van der Waals surface area contributed by atoms with E-state index in [9.17, 15) is 0 Å². The highest BCUT2D eigenvalue weighted by Gasteiger charge is 2.38. The molecule has 0 aliphatic heterocycles. The smallest absolute Gasteiger partial charge is 0.0252 e. The molecule has 2 rings (SSSR count). The van der Waals surface area contributed by atoms with Crippen LogP contribution in [0.4, 0.5) is 0 Å². The van der Waals surface area contributed by atoms with Crippen molar-refractivity contribution in [3.05, 3.63) is 12.2 Å². The Balaban J connectivity index is 1.84. The summed E-state index contributed by atoms with van der Waals surface area (Å²) in [5.41, 5.74) is 0.547. The van der Waals surface area contributed by atoms with E-state index in [1.54, 1.807) is 0 Å². The van der Waals surface area contributed by atoms with Crippen molar-refractivity contribution in [3.63, 3.8) is 0 Å². The van der Waals surface area contributed by atoms with Gasteiger partial charge in [0.1, 0.15) is 0 Å². The van der Waals surface area contributed by atoms with E-state index < -0.39 is 0 Å². The predicted octanol–water partition coefficient (Wildman–Crippen LogP) is 2.87. The van der Waals surface area contributed by atoms with Crippen molar-refractivity contribution < 1.29 is 0 Å². The average Bonchev–Trinajstić information content (AvgIpc) is 2.15. The Morgan fingerprint density at radius 2 is 2.15 bits per heavy atom. The molecule has 1 fully saturated rings. The van der Waals surface area contributed by atoms with Crippen LogP contribution in [0.3, 0.4) is 0 Å². The van der Waals surface area contributed by atoms with E-state index in [1.807, 2.05) is 0 Å². The molecule has 2 atom stereocenters. The molecular weight excluding hydrogens is 158 g/mol. The quantitative estimate of drug-likeness (QED) is 0.643. The molecule has 0 bridgehead atoms. The molecule has 2 aliphatic rings. The second kappa shape index (κ2) is 3.45. The fourth-order valence-electron chi connectivity index (χ4n) is 2.38. The van der Waals surface area contributed by atoms with Crippen molar-refractivity contribution in [2.75, 3.05) is 0 Å². The van der Waals surface area contributed by atoms with E-state index in [2.05, 4.69) is 31.3 Å². The zero-order valence-corrected chi connectivity index (χ0v) is 8.84. The molecule has 0 radical (unpaired) electrons. The van der Waals surface area contributed by atoms with Crippen LogP contribution in [0.15, 0.2) is 12.2 Å². The maximum Gasteiger partial charge on any atom is 0.0252 e. The third-order valence-corrected chi connectivity index (χ3v) is 3.69. The zero-order chi connectivity index (χ0) is 9.31. The molecule has 1 saturated carbocycles. The van der Waals surface area contributed by atoms with Crippen LogP contribution >= 0.6 is 0 Å². The van der Waals surface area contributed by atoms with Crippen LogP contribution < -0.4 is 5.32 Å². The number of nitrogens with one attached hydrogen (secondary N) is 1. The Morgan fingerprint density at radius 1 is 1.31 bits per heavy atom. The number of rotatable bonds is 2. The first kappa shape index (κ1) is 9.26. The van der Waals surface area contributed by atoms with Gasteiger partial charge >= 0.3 is 0 Å². The normalized spacial score (nSPS) is 37.1. The Labute approximate surface area is 81.6 Å². The van der Waals surface area contributed by atoms with Crippen LogP contribution in [-0.2, 0) is 0 Å². The molecule has 0 aromatic carbocycles. The summed E-state index contributed by atoms with van der Waals surface area (Å²) in [5, 5.41) is 3.76. The minimum Gasteiger partial charge on any atom is -0.307 e. The molecule has 1 nitrogen and oxygen atoms in total. The van der Waals surface area contributed by atoms with Gasteiger partial charge in [0.25, 0.3) is 0 Å². The van der Waals surface area contributed by atoms with Gasteiger partial charge in [-0.15, -0.1) is 0 Å². The molecule has 13 heavy (non-hydrogen) atoms. The van der Waals surface area contributed by atoms with Crippen LogP contribution in [0.2, 0.25) is 0 Å². The van der Waals surface area contributed by atoms with Crippen LogP contribution in [0.25, 0.3) is 0 Å². The van der Waals surface area contributed by atoms with E-state index >= 15 is 0 Å². The van der Waals surface area contributed by atoms with Crippen molar-refractivity contribution in [1.29, 1.82) is 0 Å². The summed E-state index contributed by atoms with van der Waals surface area (Å²) in [6.45, 7) is 4.75. The Hall–Kier alpha value is -0.300. The molecule has 1 heteroatoms. The molecule has 0 aromatic heterocycles. The summed E-state index contributed by atoms with van der Waals surface area (Å²) in [6.07, 6.45) is 11.4. The summed E-state index contributed by atoms with van der Waals surface area (Å²) < 4.78 is 0. The predicted molar refractivity (Wildman–Crippen MR) is 56.7 cm³/mol. The summed E-state index contributed by atoms with van der Waals surface area (Å²) in [6, 6.07) is 1.43. The molecule has 1 N–H and O–H groups in total. The second-order valence-electron chi connectivity index (χ2n) is 5.21. The largest absolute Gasteiger partial charge is 0.307 e. The van der Waals surface area contributed by atoms with Crippen molar-refractivity contribution in [2.45, 2.75) is 58.0 Å². The molecule has 74 valence electrons. The summed E-state index contributed by atoms with van der Waals surface area (Å²) in [4.78, 5) is 0. The average molecular weight is 179 g/mol. The highest BCUT2D eigenvalue weighted by atomic mass is 15.0. The van der Waals surface area contributed by atoms with Gasteiger partial charge in [0.2, 0.25) is 0 Å². The third kappa shape index (κ3) is 1.96. The van der Waals surface area contributed by atoms with Crippen molar-refractivity contribution in [3.8, 4) is 0 Å². The molecule has 2 unspecified atom stereocenters. The number of hydrogen-bond donors (Lipinski definition) is 1.